The maximum Gasteiger partial charge on any atom is 0.0108 e. The first kappa shape index (κ1) is 15.3. The van der Waals surface area contributed by atoms with Gasteiger partial charge in [0.05, 0.1) is 0 Å². The first-order valence-electron chi connectivity index (χ1n) is 8.56. The van der Waals surface area contributed by atoms with Crippen LogP contribution < -0.4 is 5.73 Å². The van der Waals surface area contributed by atoms with Gasteiger partial charge in [0.15, 0.2) is 0 Å². The van der Waals surface area contributed by atoms with Crippen LogP contribution in [0.15, 0.2) is 0 Å². The van der Waals surface area contributed by atoms with Crippen molar-refractivity contribution in [3.05, 3.63) is 0 Å². The molecule has 0 spiro atoms. The van der Waals surface area contributed by atoms with Gasteiger partial charge in [0.1, 0.15) is 0 Å². The molecule has 2 heterocycles. The van der Waals surface area contributed by atoms with E-state index in [9.17, 15) is 0 Å². The smallest absolute Gasteiger partial charge is 0.0108 e. The maximum atomic E-state index is 5.73. The Morgan fingerprint density at radius 2 is 1.63 bits per heavy atom. The van der Waals surface area contributed by atoms with Crippen molar-refractivity contribution >= 4 is 0 Å². The molecule has 0 saturated carbocycles. The highest BCUT2D eigenvalue weighted by molar-refractivity contribution is 4.77. The molecule has 2 N–H and O–H groups in total. The van der Waals surface area contributed by atoms with E-state index in [4.69, 9.17) is 5.73 Å². The Hall–Kier alpha value is -0.120. The van der Waals surface area contributed by atoms with Crippen LogP contribution >= 0.6 is 0 Å². The van der Waals surface area contributed by atoms with Crippen LogP contribution in [0, 0.1) is 0 Å². The fourth-order valence-corrected chi connectivity index (χ4v) is 3.75. The monoisotopic (exact) mass is 267 g/mol. The highest BCUT2D eigenvalue weighted by Crippen LogP contribution is 2.21. The summed E-state index contributed by atoms with van der Waals surface area (Å²) in [5.74, 6) is 0. The van der Waals surface area contributed by atoms with Crippen LogP contribution in [0.5, 0.6) is 0 Å². The molecule has 0 bridgehead atoms. The van der Waals surface area contributed by atoms with Crippen molar-refractivity contribution in [3.8, 4) is 0 Å². The van der Waals surface area contributed by atoms with Crippen LogP contribution in [0.3, 0.4) is 0 Å². The first-order valence-corrected chi connectivity index (χ1v) is 8.56. The molecular formula is C16H33N3. The van der Waals surface area contributed by atoms with Gasteiger partial charge in [-0.2, -0.15) is 0 Å². The SMILES string of the molecule is NCCN1CCCCC1CCCCN1CCCCC1. The van der Waals surface area contributed by atoms with Gasteiger partial charge >= 0.3 is 0 Å². The third-order valence-corrected chi connectivity index (χ3v) is 4.88. The van der Waals surface area contributed by atoms with Crippen LogP contribution in [-0.4, -0.2) is 55.1 Å². The summed E-state index contributed by atoms with van der Waals surface area (Å²) >= 11 is 0. The standard InChI is InChI=1S/C16H33N3/c17-10-15-19-14-7-3-9-16(19)8-2-6-13-18-11-4-1-5-12-18/h16H,1-15,17H2. The number of unbranched alkanes of at least 4 members (excludes halogenated alkanes) is 1. The second kappa shape index (κ2) is 8.93. The molecule has 2 aliphatic rings. The van der Waals surface area contributed by atoms with Crippen molar-refractivity contribution in [1.82, 2.24) is 9.80 Å². The van der Waals surface area contributed by atoms with Gasteiger partial charge in [-0.15, -0.1) is 0 Å². The predicted octanol–water partition coefficient (Wildman–Crippen LogP) is 2.46. The minimum Gasteiger partial charge on any atom is -0.329 e. The van der Waals surface area contributed by atoms with E-state index >= 15 is 0 Å². The third kappa shape index (κ3) is 5.41. The minimum absolute atomic E-state index is 0.824. The molecule has 3 nitrogen and oxygen atoms in total. The number of nitrogens with zero attached hydrogens (tertiary/aromatic N) is 2. The summed E-state index contributed by atoms with van der Waals surface area (Å²) in [4.78, 5) is 5.31. The molecule has 0 amide bonds. The van der Waals surface area contributed by atoms with E-state index < -0.39 is 0 Å². The molecule has 3 heteroatoms. The lowest BCUT2D eigenvalue weighted by Gasteiger charge is -2.35. The average Bonchev–Trinajstić information content (AvgIpc) is 2.47. The number of hydrogen-bond donors (Lipinski definition) is 1. The van der Waals surface area contributed by atoms with Gasteiger partial charge in [0, 0.05) is 19.1 Å². The van der Waals surface area contributed by atoms with E-state index in [1.165, 1.54) is 84.0 Å². The van der Waals surface area contributed by atoms with Gasteiger partial charge in [0.25, 0.3) is 0 Å². The number of piperidine rings is 2. The molecule has 0 aromatic rings. The molecule has 0 aliphatic carbocycles. The van der Waals surface area contributed by atoms with Crippen LogP contribution in [0.1, 0.15) is 57.8 Å². The lowest BCUT2D eigenvalue weighted by molar-refractivity contribution is 0.139. The van der Waals surface area contributed by atoms with Crippen molar-refractivity contribution < 1.29 is 0 Å². The van der Waals surface area contributed by atoms with Gasteiger partial charge in [-0.3, -0.25) is 4.90 Å². The summed E-state index contributed by atoms with van der Waals surface area (Å²) in [6.07, 6.45) is 12.7. The van der Waals surface area contributed by atoms with Crippen LogP contribution in [-0.2, 0) is 0 Å². The zero-order chi connectivity index (χ0) is 13.3. The van der Waals surface area contributed by atoms with Crippen LogP contribution in [0.2, 0.25) is 0 Å². The molecule has 2 aliphatic heterocycles. The van der Waals surface area contributed by atoms with Gasteiger partial charge in [-0.05, 0) is 64.7 Å². The highest BCUT2D eigenvalue weighted by Gasteiger charge is 2.21. The zero-order valence-corrected chi connectivity index (χ0v) is 12.7. The largest absolute Gasteiger partial charge is 0.329 e. The quantitative estimate of drug-likeness (QED) is 0.719. The molecule has 0 aromatic heterocycles. The molecule has 112 valence electrons. The minimum atomic E-state index is 0.824. The first-order chi connectivity index (χ1) is 9.40. The van der Waals surface area contributed by atoms with Crippen LogP contribution in [0.25, 0.3) is 0 Å². The number of rotatable bonds is 7. The topological polar surface area (TPSA) is 32.5 Å². The molecule has 2 fully saturated rings. The summed E-state index contributed by atoms with van der Waals surface area (Å²) in [5.41, 5.74) is 5.73. The van der Waals surface area contributed by atoms with Crippen molar-refractivity contribution in [3.63, 3.8) is 0 Å². The van der Waals surface area contributed by atoms with E-state index in [0.717, 1.165) is 19.1 Å². The maximum absolute atomic E-state index is 5.73. The van der Waals surface area contributed by atoms with E-state index in [1.807, 2.05) is 0 Å². The van der Waals surface area contributed by atoms with Crippen molar-refractivity contribution in [1.29, 1.82) is 0 Å². The molecule has 1 atom stereocenters. The Balaban J connectivity index is 1.58. The Labute approximate surface area is 119 Å². The van der Waals surface area contributed by atoms with Crippen molar-refractivity contribution in [2.45, 2.75) is 63.8 Å². The molecule has 19 heavy (non-hydrogen) atoms. The van der Waals surface area contributed by atoms with E-state index in [1.54, 1.807) is 0 Å². The lowest BCUT2D eigenvalue weighted by Crippen LogP contribution is -2.42. The fourth-order valence-electron chi connectivity index (χ4n) is 3.75. The van der Waals surface area contributed by atoms with E-state index in [0.29, 0.717) is 0 Å². The number of nitrogens with two attached hydrogens (primary N) is 1. The molecule has 2 saturated heterocycles. The summed E-state index contributed by atoms with van der Waals surface area (Å²) < 4.78 is 0. The predicted molar refractivity (Wildman–Crippen MR) is 82.4 cm³/mol. The summed E-state index contributed by atoms with van der Waals surface area (Å²) in [6, 6.07) is 0.832. The lowest BCUT2D eigenvalue weighted by atomic mass is 9.97. The third-order valence-electron chi connectivity index (χ3n) is 4.88. The van der Waals surface area contributed by atoms with Crippen molar-refractivity contribution in [2.75, 3.05) is 39.3 Å². The van der Waals surface area contributed by atoms with E-state index in [-0.39, 0.29) is 0 Å². The van der Waals surface area contributed by atoms with Crippen LogP contribution in [0.4, 0.5) is 0 Å². The highest BCUT2D eigenvalue weighted by atomic mass is 15.2. The fraction of sp³-hybridized carbons (Fsp3) is 1.00. The number of hydrogen-bond acceptors (Lipinski definition) is 3. The Kier molecular flexibility index (Phi) is 7.18. The molecular weight excluding hydrogens is 234 g/mol. The Morgan fingerprint density at radius 3 is 2.42 bits per heavy atom. The molecule has 0 aromatic carbocycles. The van der Waals surface area contributed by atoms with Gasteiger partial charge in [-0.1, -0.05) is 19.3 Å². The second-order valence-corrected chi connectivity index (χ2v) is 6.37. The Morgan fingerprint density at radius 1 is 0.842 bits per heavy atom. The summed E-state index contributed by atoms with van der Waals surface area (Å²) in [7, 11) is 0. The number of likely N-dealkylation sites (tertiary alicyclic amines) is 2. The van der Waals surface area contributed by atoms with Gasteiger partial charge in [-0.25, -0.2) is 0 Å². The molecule has 0 radical (unpaired) electrons. The second-order valence-electron chi connectivity index (χ2n) is 6.37. The summed E-state index contributed by atoms with van der Waals surface area (Å²) in [5, 5.41) is 0. The Bertz CT molecular complexity index is 224. The zero-order valence-electron chi connectivity index (χ0n) is 12.7. The van der Waals surface area contributed by atoms with E-state index in [2.05, 4.69) is 9.80 Å². The average molecular weight is 267 g/mol. The normalized spacial score (nSPS) is 26.7. The van der Waals surface area contributed by atoms with Crippen molar-refractivity contribution in [2.24, 2.45) is 5.73 Å². The van der Waals surface area contributed by atoms with Gasteiger partial charge < -0.3 is 10.6 Å². The van der Waals surface area contributed by atoms with Gasteiger partial charge in [0.2, 0.25) is 0 Å². The summed E-state index contributed by atoms with van der Waals surface area (Å²) in [6.45, 7) is 7.25. The molecule has 2 rings (SSSR count). The molecule has 1 unspecified atom stereocenters.